The molecule has 0 aliphatic heterocycles. The lowest BCUT2D eigenvalue weighted by molar-refractivity contribution is 0.476. The maximum atomic E-state index is 10.9. The van der Waals surface area contributed by atoms with Crippen molar-refractivity contribution >= 4 is 0 Å². The molecule has 6 heteroatoms. The molecular formula is C8H8N4O2. The second-order valence-electron chi connectivity index (χ2n) is 2.73. The molecule has 0 saturated carbocycles. The Hall–Kier alpha value is -2.11. The summed E-state index contributed by atoms with van der Waals surface area (Å²) in [6.07, 6.45) is 4.68. The van der Waals surface area contributed by atoms with Crippen molar-refractivity contribution in [2.24, 2.45) is 7.05 Å². The molecule has 0 unspecified atom stereocenters. The maximum absolute atomic E-state index is 10.9. The van der Waals surface area contributed by atoms with Gasteiger partial charge in [0.05, 0.1) is 18.6 Å². The van der Waals surface area contributed by atoms with Crippen molar-refractivity contribution in [2.45, 2.75) is 0 Å². The smallest absolute Gasteiger partial charge is 0.267 e. The number of nitrogens with zero attached hydrogens (tertiary/aromatic N) is 3. The van der Waals surface area contributed by atoms with E-state index < -0.39 is 0 Å². The number of hydrogen-bond donors (Lipinski definition) is 1. The topological polar surface area (TPSA) is 72.8 Å². The third-order valence-corrected chi connectivity index (χ3v) is 1.56. The van der Waals surface area contributed by atoms with Crippen LogP contribution in [0.3, 0.4) is 0 Å². The SMILES string of the molecule is Cn1cc(Oc2cn[nH]c(=O)c2)cn1. The zero-order valence-electron chi connectivity index (χ0n) is 7.47. The van der Waals surface area contributed by atoms with Crippen molar-refractivity contribution in [1.82, 2.24) is 20.0 Å². The third kappa shape index (κ3) is 1.79. The van der Waals surface area contributed by atoms with Crippen LogP contribution in [0.2, 0.25) is 0 Å². The molecule has 2 aromatic heterocycles. The van der Waals surface area contributed by atoms with E-state index in [9.17, 15) is 4.79 Å². The normalized spacial score (nSPS) is 10.1. The fraction of sp³-hybridized carbons (Fsp3) is 0.125. The van der Waals surface area contributed by atoms with E-state index >= 15 is 0 Å². The fourth-order valence-electron chi connectivity index (χ4n) is 1.00. The lowest BCUT2D eigenvalue weighted by Gasteiger charge is -1.99. The number of aryl methyl sites for hydroxylation is 1. The Balaban J connectivity index is 2.23. The summed E-state index contributed by atoms with van der Waals surface area (Å²) in [5.74, 6) is 0.960. The highest BCUT2D eigenvalue weighted by Crippen LogP contribution is 2.16. The molecule has 6 nitrogen and oxygen atoms in total. The van der Waals surface area contributed by atoms with Crippen molar-refractivity contribution in [2.75, 3.05) is 0 Å². The third-order valence-electron chi connectivity index (χ3n) is 1.56. The van der Waals surface area contributed by atoms with E-state index in [1.54, 1.807) is 24.1 Å². The molecule has 0 amide bonds. The number of hydrogen-bond acceptors (Lipinski definition) is 4. The van der Waals surface area contributed by atoms with Crippen molar-refractivity contribution < 1.29 is 4.74 Å². The van der Waals surface area contributed by atoms with E-state index in [1.165, 1.54) is 12.3 Å². The standard InChI is InChI=1S/C8H8N4O2/c1-12-5-7(4-10-12)14-6-2-8(13)11-9-3-6/h2-5H,1H3,(H,11,13). The average molecular weight is 192 g/mol. The molecule has 0 radical (unpaired) electrons. The quantitative estimate of drug-likeness (QED) is 0.742. The van der Waals surface area contributed by atoms with Crippen LogP contribution in [0.15, 0.2) is 29.5 Å². The van der Waals surface area contributed by atoms with Gasteiger partial charge in [-0.1, -0.05) is 0 Å². The summed E-state index contributed by atoms with van der Waals surface area (Å²) < 4.78 is 6.92. The van der Waals surface area contributed by atoms with Crippen molar-refractivity contribution in [1.29, 1.82) is 0 Å². The molecule has 2 rings (SSSR count). The van der Waals surface area contributed by atoms with E-state index in [1.807, 2.05) is 0 Å². The second-order valence-corrected chi connectivity index (χ2v) is 2.73. The molecule has 72 valence electrons. The van der Waals surface area contributed by atoms with Crippen LogP contribution in [-0.4, -0.2) is 20.0 Å². The Morgan fingerprint density at radius 2 is 2.29 bits per heavy atom. The molecule has 1 N–H and O–H groups in total. The summed E-state index contributed by atoms with van der Waals surface area (Å²) in [5.41, 5.74) is -0.300. The molecule has 0 atom stereocenters. The molecule has 0 saturated heterocycles. The summed E-state index contributed by atoms with van der Waals surface area (Å²) in [6.45, 7) is 0. The molecule has 2 heterocycles. The minimum atomic E-state index is -0.300. The summed E-state index contributed by atoms with van der Waals surface area (Å²) in [4.78, 5) is 10.9. The number of nitrogens with one attached hydrogen (secondary N) is 1. The van der Waals surface area contributed by atoms with Gasteiger partial charge in [0.15, 0.2) is 11.5 Å². The lowest BCUT2D eigenvalue weighted by Crippen LogP contribution is -2.05. The largest absolute Gasteiger partial charge is 0.452 e. The van der Waals surface area contributed by atoms with Gasteiger partial charge >= 0.3 is 0 Å². The molecule has 14 heavy (non-hydrogen) atoms. The molecule has 0 spiro atoms. The van der Waals surface area contributed by atoms with Gasteiger partial charge in [-0.15, -0.1) is 0 Å². The zero-order chi connectivity index (χ0) is 9.97. The Morgan fingerprint density at radius 3 is 2.93 bits per heavy atom. The second kappa shape index (κ2) is 3.33. The van der Waals surface area contributed by atoms with Gasteiger partial charge in [0, 0.05) is 13.1 Å². The summed E-state index contributed by atoms with van der Waals surface area (Å²) in [6, 6.07) is 1.32. The first kappa shape index (κ1) is 8.49. The first-order valence-electron chi connectivity index (χ1n) is 3.95. The minimum Gasteiger partial charge on any atom is -0.452 e. The van der Waals surface area contributed by atoms with E-state index in [-0.39, 0.29) is 5.56 Å². The van der Waals surface area contributed by atoms with Gasteiger partial charge in [-0.2, -0.15) is 10.2 Å². The van der Waals surface area contributed by atoms with E-state index in [4.69, 9.17) is 4.74 Å². The Morgan fingerprint density at radius 1 is 1.43 bits per heavy atom. The number of rotatable bonds is 2. The Bertz CT molecular complexity index is 488. The average Bonchev–Trinajstić information content (AvgIpc) is 2.51. The predicted octanol–water partition coefficient (Wildman–Crippen LogP) is 0.296. The van der Waals surface area contributed by atoms with Crippen molar-refractivity contribution in [3.8, 4) is 11.5 Å². The van der Waals surface area contributed by atoms with Crippen LogP contribution in [0.5, 0.6) is 11.5 Å². The molecule has 0 aromatic carbocycles. The minimum absolute atomic E-state index is 0.300. The van der Waals surface area contributed by atoms with Gasteiger partial charge in [-0.3, -0.25) is 9.48 Å². The Kier molecular flexibility index (Phi) is 2.02. The summed E-state index contributed by atoms with van der Waals surface area (Å²) in [5, 5.41) is 9.77. The first-order chi connectivity index (χ1) is 6.74. The number of aromatic amines is 1. The van der Waals surface area contributed by atoms with E-state index in [0.29, 0.717) is 11.5 Å². The van der Waals surface area contributed by atoms with Crippen LogP contribution >= 0.6 is 0 Å². The molecule has 0 aliphatic carbocycles. The highest BCUT2D eigenvalue weighted by molar-refractivity contribution is 5.23. The fourth-order valence-corrected chi connectivity index (χ4v) is 1.00. The van der Waals surface area contributed by atoms with Gasteiger partial charge in [0.2, 0.25) is 0 Å². The highest BCUT2D eigenvalue weighted by Gasteiger charge is 1.99. The van der Waals surface area contributed by atoms with Gasteiger partial charge in [0.25, 0.3) is 5.56 Å². The van der Waals surface area contributed by atoms with Gasteiger partial charge in [-0.25, -0.2) is 5.10 Å². The van der Waals surface area contributed by atoms with Crippen LogP contribution in [0.1, 0.15) is 0 Å². The molecule has 0 aliphatic rings. The number of ether oxygens (including phenoxy) is 1. The highest BCUT2D eigenvalue weighted by atomic mass is 16.5. The predicted molar refractivity (Wildman–Crippen MR) is 48.1 cm³/mol. The summed E-state index contributed by atoms with van der Waals surface area (Å²) in [7, 11) is 1.78. The first-order valence-corrected chi connectivity index (χ1v) is 3.95. The molecule has 0 fully saturated rings. The van der Waals surface area contributed by atoms with Gasteiger partial charge in [-0.05, 0) is 0 Å². The lowest BCUT2D eigenvalue weighted by atomic mass is 10.5. The monoisotopic (exact) mass is 192 g/mol. The van der Waals surface area contributed by atoms with Crippen LogP contribution in [0.4, 0.5) is 0 Å². The van der Waals surface area contributed by atoms with Gasteiger partial charge in [0.1, 0.15) is 0 Å². The van der Waals surface area contributed by atoms with Gasteiger partial charge < -0.3 is 4.74 Å². The number of H-pyrrole nitrogens is 1. The molecule has 0 bridgehead atoms. The summed E-state index contributed by atoms with van der Waals surface area (Å²) >= 11 is 0. The molecular weight excluding hydrogens is 184 g/mol. The maximum Gasteiger partial charge on any atom is 0.267 e. The van der Waals surface area contributed by atoms with Crippen LogP contribution in [0.25, 0.3) is 0 Å². The Labute approximate surface area is 79.1 Å². The zero-order valence-corrected chi connectivity index (χ0v) is 7.47. The van der Waals surface area contributed by atoms with Crippen molar-refractivity contribution in [3.05, 3.63) is 35.0 Å². The number of aromatic nitrogens is 4. The molecule has 2 aromatic rings. The van der Waals surface area contributed by atoms with Crippen LogP contribution < -0.4 is 10.3 Å². The van der Waals surface area contributed by atoms with Crippen molar-refractivity contribution in [3.63, 3.8) is 0 Å². The van der Waals surface area contributed by atoms with Crippen LogP contribution in [-0.2, 0) is 7.05 Å². The van der Waals surface area contributed by atoms with Crippen LogP contribution in [0, 0.1) is 0 Å². The van der Waals surface area contributed by atoms with E-state index in [2.05, 4.69) is 15.3 Å². The van der Waals surface area contributed by atoms with E-state index in [0.717, 1.165) is 0 Å².